The molecule has 1 rings (SSSR count). The van der Waals surface area contributed by atoms with Crippen LogP contribution in [0.2, 0.25) is 0 Å². The highest BCUT2D eigenvalue weighted by atomic mass is 19.1. The molecule has 0 N–H and O–H groups in total. The van der Waals surface area contributed by atoms with Crippen molar-refractivity contribution in [1.82, 2.24) is 0 Å². The summed E-state index contributed by atoms with van der Waals surface area (Å²) in [7, 11) is 0. The van der Waals surface area contributed by atoms with Crippen LogP contribution in [-0.4, -0.2) is 16.8 Å². The molecule has 1 aromatic carbocycles. The summed E-state index contributed by atoms with van der Waals surface area (Å²) in [5.41, 5.74) is 7.90. The van der Waals surface area contributed by atoms with E-state index in [2.05, 4.69) is 4.79 Å². The van der Waals surface area contributed by atoms with Crippen molar-refractivity contribution in [2.24, 2.45) is 0 Å². The first kappa shape index (κ1) is 10.2. The van der Waals surface area contributed by atoms with Gasteiger partial charge in [0.25, 0.3) is 5.78 Å². The van der Waals surface area contributed by atoms with E-state index in [4.69, 9.17) is 5.53 Å². The van der Waals surface area contributed by atoms with Crippen molar-refractivity contribution in [2.75, 3.05) is 0 Å². The largest absolute Gasteiger partial charge is 0.361 e. The molecule has 0 fully saturated rings. The normalized spacial score (nSPS) is 9.36. The number of carbonyl (C=O) groups is 1. The fraction of sp³-hybridized carbons (Fsp3) is 0.111. The van der Waals surface area contributed by atoms with Gasteiger partial charge in [-0.05, 0) is 18.6 Å². The van der Waals surface area contributed by atoms with Crippen LogP contribution >= 0.6 is 0 Å². The molecule has 0 radical (unpaired) electrons. The molecule has 0 aromatic heterocycles. The van der Waals surface area contributed by atoms with Crippen LogP contribution in [0.25, 0.3) is 5.53 Å². The first-order valence-electron chi connectivity index (χ1n) is 3.73. The minimum absolute atomic E-state index is 0.154. The van der Waals surface area contributed by atoms with E-state index in [9.17, 15) is 13.6 Å². The second-order valence-electron chi connectivity index (χ2n) is 2.69. The molecule has 72 valence electrons. The molecular formula is C9H6F2N2O. The van der Waals surface area contributed by atoms with Gasteiger partial charge in [0.2, 0.25) is 0 Å². The maximum Gasteiger partial charge on any atom is 0.328 e. The van der Waals surface area contributed by atoms with Gasteiger partial charge in [-0.15, -0.1) is 0 Å². The molecule has 0 heterocycles. The monoisotopic (exact) mass is 196 g/mol. The Bertz CT molecular complexity index is 437. The third kappa shape index (κ3) is 1.89. The van der Waals surface area contributed by atoms with Gasteiger partial charge in [0.05, 0.1) is 5.56 Å². The van der Waals surface area contributed by atoms with E-state index in [1.54, 1.807) is 0 Å². The fourth-order valence-corrected chi connectivity index (χ4v) is 0.968. The van der Waals surface area contributed by atoms with Crippen LogP contribution in [0.15, 0.2) is 12.1 Å². The number of benzene rings is 1. The first-order valence-corrected chi connectivity index (χ1v) is 3.73. The van der Waals surface area contributed by atoms with Crippen LogP contribution < -0.4 is 0 Å². The lowest BCUT2D eigenvalue weighted by Crippen LogP contribution is -2.05. The quantitative estimate of drug-likeness (QED) is 0.307. The Balaban J connectivity index is 3.29. The van der Waals surface area contributed by atoms with E-state index < -0.39 is 17.4 Å². The van der Waals surface area contributed by atoms with Gasteiger partial charge in [-0.1, -0.05) is 0 Å². The van der Waals surface area contributed by atoms with Crippen LogP contribution in [0.3, 0.4) is 0 Å². The highest BCUT2D eigenvalue weighted by Gasteiger charge is 2.15. The van der Waals surface area contributed by atoms with Gasteiger partial charge in [0, 0.05) is 6.07 Å². The first-order chi connectivity index (χ1) is 6.56. The zero-order valence-corrected chi connectivity index (χ0v) is 7.29. The van der Waals surface area contributed by atoms with Crippen molar-refractivity contribution >= 4 is 12.0 Å². The molecule has 0 unspecified atom stereocenters. The van der Waals surface area contributed by atoms with Crippen molar-refractivity contribution in [3.63, 3.8) is 0 Å². The Morgan fingerprint density at radius 3 is 2.64 bits per heavy atom. The number of hydrogen-bond donors (Lipinski definition) is 0. The van der Waals surface area contributed by atoms with Gasteiger partial charge < -0.3 is 5.53 Å². The molecule has 3 nitrogen and oxygen atoms in total. The number of carbonyl (C=O) groups excluding carboxylic acids is 1. The number of halogens is 2. The summed E-state index contributed by atoms with van der Waals surface area (Å²) in [4.78, 5) is 13.5. The molecule has 0 amide bonds. The Kier molecular flexibility index (Phi) is 2.84. The second kappa shape index (κ2) is 3.89. The zero-order chi connectivity index (χ0) is 10.7. The maximum atomic E-state index is 13.0. The molecule has 0 aliphatic heterocycles. The van der Waals surface area contributed by atoms with Gasteiger partial charge in [-0.3, -0.25) is 4.79 Å². The maximum absolute atomic E-state index is 13.0. The van der Waals surface area contributed by atoms with E-state index in [1.807, 2.05) is 0 Å². The van der Waals surface area contributed by atoms with Crippen LogP contribution in [-0.2, 0) is 0 Å². The van der Waals surface area contributed by atoms with Crippen LogP contribution in [0.4, 0.5) is 8.78 Å². The predicted molar refractivity (Wildman–Crippen MR) is 45.1 cm³/mol. The summed E-state index contributed by atoms with van der Waals surface area (Å²) in [6.07, 6.45) is 0.551. The highest BCUT2D eigenvalue weighted by Crippen LogP contribution is 2.13. The molecule has 0 atom stereocenters. The van der Waals surface area contributed by atoms with Crippen molar-refractivity contribution < 1.29 is 18.4 Å². The van der Waals surface area contributed by atoms with E-state index in [0.717, 1.165) is 6.07 Å². The summed E-state index contributed by atoms with van der Waals surface area (Å²) in [6, 6.07) is 1.68. The Morgan fingerprint density at radius 1 is 1.43 bits per heavy atom. The van der Waals surface area contributed by atoms with Gasteiger partial charge in [0.15, 0.2) is 0 Å². The Hall–Kier alpha value is -1.87. The highest BCUT2D eigenvalue weighted by molar-refractivity contribution is 6.33. The average molecular weight is 196 g/mol. The lowest BCUT2D eigenvalue weighted by Gasteiger charge is -1.99. The average Bonchev–Trinajstić information content (AvgIpc) is 2.11. The smallest absolute Gasteiger partial charge is 0.328 e. The molecular weight excluding hydrogens is 190 g/mol. The number of rotatable bonds is 2. The molecule has 0 bridgehead atoms. The number of Topliss-reactive ketones (excluding diaryl/α,β-unsaturated/α-hetero) is 1. The van der Waals surface area contributed by atoms with E-state index in [-0.39, 0.29) is 11.1 Å². The lowest BCUT2D eigenvalue weighted by atomic mass is 10.1. The number of hydrogen-bond acceptors (Lipinski definition) is 1. The van der Waals surface area contributed by atoms with Crippen LogP contribution in [0, 0.1) is 18.6 Å². The SMILES string of the molecule is Cc1cc(C(=O)C=[N+]=[N-])c(F)cc1F. The molecule has 0 saturated carbocycles. The predicted octanol–water partition coefficient (Wildman–Crippen LogP) is 1.76. The molecule has 0 aliphatic carbocycles. The van der Waals surface area contributed by atoms with Crippen molar-refractivity contribution in [3.05, 3.63) is 40.4 Å². The van der Waals surface area contributed by atoms with Gasteiger partial charge in [-0.2, -0.15) is 4.79 Å². The number of aryl methyl sites for hydroxylation is 1. The molecule has 0 aliphatic rings. The van der Waals surface area contributed by atoms with E-state index >= 15 is 0 Å². The molecule has 5 heteroatoms. The summed E-state index contributed by atoms with van der Waals surface area (Å²) < 4.78 is 25.8. The Morgan fingerprint density at radius 2 is 2.07 bits per heavy atom. The van der Waals surface area contributed by atoms with Gasteiger partial charge >= 0.3 is 6.21 Å². The molecule has 0 spiro atoms. The Labute approximate surface area is 78.6 Å². The summed E-state index contributed by atoms with van der Waals surface area (Å²) in [6.45, 7) is 1.40. The summed E-state index contributed by atoms with van der Waals surface area (Å²) >= 11 is 0. The van der Waals surface area contributed by atoms with E-state index in [1.165, 1.54) is 6.92 Å². The number of nitrogens with zero attached hydrogens (tertiary/aromatic N) is 2. The minimum Gasteiger partial charge on any atom is -0.361 e. The van der Waals surface area contributed by atoms with Gasteiger partial charge in [0.1, 0.15) is 11.6 Å². The minimum atomic E-state index is -0.974. The standard InChI is InChI=1S/C9H6F2N2O/c1-5-2-6(9(14)4-13-12)8(11)3-7(5)10/h2-4H,1H3. The molecule has 1 aromatic rings. The topological polar surface area (TPSA) is 53.5 Å². The van der Waals surface area contributed by atoms with Crippen molar-refractivity contribution in [3.8, 4) is 0 Å². The van der Waals surface area contributed by atoms with E-state index in [0.29, 0.717) is 12.3 Å². The van der Waals surface area contributed by atoms with Crippen LogP contribution in [0.1, 0.15) is 15.9 Å². The fourth-order valence-electron chi connectivity index (χ4n) is 0.968. The third-order valence-corrected chi connectivity index (χ3v) is 1.69. The van der Waals surface area contributed by atoms with Crippen molar-refractivity contribution in [1.29, 1.82) is 0 Å². The van der Waals surface area contributed by atoms with Gasteiger partial charge in [-0.25, -0.2) is 8.78 Å². The van der Waals surface area contributed by atoms with Crippen molar-refractivity contribution in [2.45, 2.75) is 6.92 Å². The summed E-state index contributed by atoms with van der Waals surface area (Å²) in [5, 5.41) is 0. The molecule has 0 saturated heterocycles. The number of ketones is 1. The van der Waals surface area contributed by atoms with Crippen LogP contribution in [0.5, 0.6) is 0 Å². The second-order valence-corrected chi connectivity index (χ2v) is 2.69. The third-order valence-electron chi connectivity index (χ3n) is 1.69. The lowest BCUT2D eigenvalue weighted by molar-refractivity contribution is 0.00230. The molecule has 14 heavy (non-hydrogen) atoms. The zero-order valence-electron chi connectivity index (χ0n) is 7.29. The summed E-state index contributed by atoms with van der Waals surface area (Å²) in [5.74, 6) is -2.51.